The fourth-order valence-corrected chi connectivity index (χ4v) is 1.40. The first kappa shape index (κ1) is 9.85. The third-order valence-electron chi connectivity index (χ3n) is 1.93. The Bertz CT molecular complexity index is 385. The van der Waals surface area contributed by atoms with Crippen molar-refractivity contribution in [3.63, 3.8) is 0 Å². The number of nitrogens with zero attached hydrogens (tertiary/aromatic N) is 1. The maximum Gasteiger partial charge on any atom is 0.0111 e. The molecule has 1 aromatic carbocycles. The minimum absolute atomic E-state index is 1.32. The van der Waals surface area contributed by atoms with Crippen LogP contribution in [-0.4, -0.2) is 4.57 Å². The summed E-state index contributed by atoms with van der Waals surface area (Å²) < 4.78 is 2.09. The van der Waals surface area contributed by atoms with E-state index in [0.29, 0.717) is 0 Å². The largest absolute Gasteiger partial charge is 0.356 e. The van der Waals surface area contributed by atoms with Gasteiger partial charge in [-0.25, -0.2) is 0 Å². The predicted octanol–water partition coefficient (Wildman–Crippen LogP) is 3.51. The second-order valence-electron chi connectivity index (χ2n) is 3.06. The Balaban J connectivity index is 0.000000396. The molecule has 0 saturated carbocycles. The van der Waals surface area contributed by atoms with Gasteiger partial charge >= 0.3 is 0 Å². The van der Waals surface area contributed by atoms with E-state index in [2.05, 4.69) is 49.1 Å². The Kier molecular flexibility index (Phi) is 3.13. The Morgan fingerprint density at radius 3 is 2.31 bits per heavy atom. The number of aryl methyl sites for hydroxylation is 2. The first-order valence-electron chi connectivity index (χ1n) is 4.78. The van der Waals surface area contributed by atoms with Crippen molar-refractivity contribution >= 4 is 10.8 Å². The molecule has 13 heavy (non-hydrogen) atoms. The maximum atomic E-state index is 2.20. The van der Waals surface area contributed by atoms with Crippen LogP contribution in [-0.2, 0) is 7.05 Å². The highest BCUT2D eigenvalue weighted by Crippen LogP contribution is 2.15. The van der Waals surface area contributed by atoms with Gasteiger partial charge in [0.2, 0.25) is 0 Å². The smallest absolute Gasteiger partial charge is 0.0111 e. The second-order valence-corrected chi connectivity index (χ2v) is 3.06. The summed E-state index contributed by atoms with van der Waals surface area (Å²) in [7, 11) is 2.05. The molecule has 0 radical (unpaired) electrons. The quantitative estimate of drug-likeness (QED) is 0.577. The molecule has 0 saturated heterocycles. The molecule has 70 valence electrons. The number of hydrogen-bond donors (Lipinski definition) is 0. The molecule has 0 atom stereocenters. The predicted molar refractivity (Wildman–Crippen MR) is 59.0 cm³/mol. The van der Waals surface area contributed by atoms with E-state index in [4.69, 9.17) is 0 Å². The Morgan fingerprint density at radius 2 is 1.62 bits per heavy atom. The molecule has 0 amide bonds. The zero-order valence-corrected chi connectivity index (χ0v) is 8.83. The van der Waals surface area contributed by atoms with Gasteiger partial charge in [0.25, 0.3) is 0 Å². The van der Waals surface area contributed by atoms with Crippen molar-refractivity contribution in [1.29, 1.82) is 0 Å². The topological polar surface area (TPSA) is 4.93 Å². The van der Waals surface area contributed by atoms with Crippen LogP contribution in [0.2, 0.25) is 0 Å². The summed E-state index contributed by atoms with van der Waals surface area (Å²) in [6, 6.07) is 6.50. The third-order valence-corrected chi connectivity index (χ3v) is 1.93. The molecule has 0 unspecified atom stereocenters. The van der Waals surface area contributed by atoms with Crippen molar-refractivity contribution in [3.8, 4) is 0 Å². The summed E-state index contributed by atoms with van der Waals surface area (Å²) >= 11 is 0. The minimum atomic E-state index is 1.32. The summed E-state index contributed by atoms with van der Waals surface area (Å²) in [5.74, 6) is 0. The number of aromatic nitrogens is 1. The van der Waals surface area contributed by atoms with Crippen molar-refractivity contribution in [3.05, 3.63) is 36.2 Å². The van der Waals surface area contributed by atoms with Crippen molar-refractivity contribution in [2.75, 3.05) is 0 Å². The lowest BCUT2D eigenvalue weighted by Gasteiger charge is -1.89. The first-order chi connectivity index (χ1) is 6.25. The fraction of sp³-hybridized carbons (Fsp3) is 0.333. The molecule has 0 aliphatic carbocycles. The van der Waals surface area contributed by atoms with Gasteiger partial charge in [0, 0.05) is 19.4 Å². The van der Waals surface area contributed by atoms with Gasteiger partial charge in [-0.1, -0.05) is 31.5 Å². The van der Waals surface area contributed by atoms with Crippen LogP contribution in [0.15, 0.2) is 30.6 Å². The van der Waals surface area contributed by atoms with E-state index in [0.717, 1.165) is 0 Å². The third kappa shape index (κ3) is 2.11. The molecule has 0 aliphatic rings. The van der Waals surface area contributed by atoms with Crippen molar-refractivity contribution in [1.82, 2.24) is 4.57 Å². The Hall–Kier alpha value is -1.24. The van der Waals surface area contributed by atoms with Crippen LogP contribution in [0.3, 0.4) is 0 Å². The van der Waals surface area contributed by atoms with Crippen LogP contribution in [0.5, 0.6) is 0 Å². The lowest BCUT2D eigenvalue weighted by molar-refractivity contribution is 0.933. The highest BCUT2D eigenvalue weighted by Gasteiger charge is 1.94. The lowest BCUT2D eigenvalue weighted by Crippen LogP contribution is -1.76. The molecular formula is C12H17N. The molecule has 0 fully saturated rings. The first-order valence-corrected chi connectivity index (χ1v) is 4.78. The lowest BCUT2D eigenvalue weighted by atomic mass is 10.1. The molecular weight excluding hydrogens is 158 g/mol. The molecule has 0 aliphatic heterocycles. The second kappa shape index (κ2) is 4.13. The zero-order chi connectivity index (χ0) is 9.84. The van der Waals surface area contributed by atoms with E-state index in [1.54, 1.807) is 0 Å². The zero-order valence-electron chi connectivity index (χ0n) is 8.83. The monoisotopic (exact) mass is 175 g/mol. The van der Waals surface area contributed by atoms with E-state index in [1.807, 2.05) is 13.8 Å². The van der Waals surface area contributed by atoms with Crippen LogP contribution in [0.1, 0.15) is 19.4 Å². The van der Waals surface area contributed by atoms with Crippen LogP contribution < -0.4 is 0 Å². The summed E-state index contributed by atoms with van der Waals surface area (Å²) in [6.07, 6.45) is 4.27. The van der Waals surface area contributed by atoms with Crippen LogP contribution in [0.25, 0.3) is 10.8 Å². The van der Waals surface area contributed by atoms with E-state index >= 15 is 0 Å². The average Bonchev–Trinajstić information content (AvgIpc) is 2.48. The number of hydrogen-bond acceptors (Lipinski definition) is 0. The van der Waals surface area contributed by atoms with Gasteiger partial charge in [0.1, 0.15) is 0 Å². The van der Waals surface area contributed by atoms with E-state index in [-0.39, 0.29) is 0 Å². The molecule has 0 bridgehead atoms. The normalized spacial score (nSPS) is 9.54. The SMILES string of the molecule is CC.Cc1ccc2cn(C)cc2c1. The van der Waals surface area contributed by atoms with E-state index < -0.39 is 0 Å². The average molecular weight is 175 g/mol. The highest BCUT2D eigenvalue weighted by atomic mass is 14.9. The van der Waals surface area contributed by atoms with Gasteiger partial charge in [0.05, 0.1) is 0 Å². The number of rotatable bonds is 0. The standard InChI is InChI=1S/C10H11N.C2H6/c1-8-3-4-9-6-11(2)7-10(9)5-8;1-2/h3-7H,1-2H3;1-2H3. The molecule has 0 N–H and O–H groups in total. The molecule has 2 aromatic rings. The Morgan fingerprint density at radius 1 is 1.00 bits per heavy atom. The van der Waals surface area contributed by atoms with Crippen molar-refractivity contribution < 1.29 is 0 Å². The molecule has 2 rings (SSSR count). The molecule has 0 spiro atoms. The van der Waals surface area contributed by atoms with E-state index in [9.17, 15) is 0 Å². The number of benzene rings is 1. The van der Waals surface area contributed by atoms with Crippen LogP contribution >= 0.6 is 0 Å². The Labute approximate surface area is 80.0 Å². The summed E-state index contributed by atoms with van der Waals surface area (Å²) in [6.45, 7) is 6.12. The molecule has 1 heteroatoms. The summed E-state index contributed by atoms with van der Waals surface area (Å²) in [5.41, 5.74) is 1.32. The number of fused-ring (bicyclic) bond motifs is 1. The molecule has 1 heterocycles. The van der Waals surface area contributed by atoms with Crippen LogP contribution in [0, 0.1) is 6.92 Å². The van der Waals surface area contributed by atoms with Crippen LogP contribution in [0.4, 0.5) is 0 Å². The maximum absolute atomic E-state index is 2.20. The molecule has 1 aromatic heterocycles. The van der Waals surface area contributed by atoms with E-state index in [1.165, 1.54) is 16.3 Å². The summed E-state index contributed by atoms with van der Waals surface area (Å²) in [5, 5.41) is 2.64. The van der Waals surface area contributed by atoms with Crippen molar-refractivity contribution in [2.24, 2.45) is 7.05 Å². The van der Waals surface area contributed by atoms with Gasteiger partial charge in [0.15, 0.2) is 0 Å². The van der Waals surface area contributed by atoms with Crippen molar-refractivity contribution in [2.45, 2.75) is 20.8 Å². The van der Waals surface area contributed by atoms with Gasteiger partial charge in [-0.3, -0.25) is 0 Å². The minimum Gasteiger partial charge on any atom is -0.356 e. The highest BCUT2D eigenvalue weighted by molar-refractivity contribution is 5.82. The van der Waals surface area contributed by atoms with Gasteiger partial charge in [-0.2, -0.15) is 0 Å². The fourth-order valence-electron chi connectivity index (χ4n) is 1.40. The van der Waals surface area contributed by atoms with Gasteiger partial charge in [-0.05, 0) is 23.8 Å². The van der Waals surface area contributed by atoms with Gasteiger partial charge < -0.3 is 4.57 Å². The summed E-state index contributed by atoms with van der Waals surface area (Å²) in [4.78, 5) is 0. The molecule has 1 nitrogen and oxygen atoms in total. The van der Waals surface area contributed by atoms with Gasteiger partial charge in [-0.15, -0.1) is 0 Å².